The minimum atomic E-state index is -0.461. The van der Waals surface area contributed by atoms with E-state index in [1.165, 1.54) is 33.9 Å². The van der Waals surface area contributed by atoms with Crippen LogP contribution in [0.15, 0.2) is 22.6 Å². The van der Waals surface area contributed by atoms with E-state index in [0.717, 1.165) is 0 Å². The Hall–Kier alpha value is -2.22. The molecule has 112 valence electrons. The van der Waals surface area contributed by atoms with Crippen molar-refractivity contribution >= 4 is 28.2 Å². The van der Waals surface area contributed by atoms with Gasteiger partial charge >= 0.3 is 5.97 Å². The second kappa shape index (κ2) is 6.49. The van der Waals surface area contributed by atoms with Crippen molar-refractivity contribution < 1.29 is 14.3 Å². The number of aromatic nitrogens is 2. The van der Waals surface area contributed by atoms with Crippen molar-refractivity contribution in [3.63, 3.8) is 0 Å². The van der Waals surface area contributed by atoms with Crippen LogP contribution in [0.1, 0.15) is 23.7 Å². The molecule has 0 fully saturated rings. The molecule has 0 radical (unpaired) electrons. The Morgan fingerprint density at radius 2 is 2.24 bits per heavy atom. The van der Waals surface area contributed by atoms with Gasteiger partial charge in [-0.1, -0.05) is 0 Å². The molecule has 0 unspecified atom stereocenters. The first-order valence-corrected chi connectivity index (χ1v) is 7.28. The van der Waals surface area contributed by atoms with E-state index in [1.54, 1.807) is 18.5 Å². The fourth-order valence-corrected chi connectivity index (χ4v) is 2.45. The second-order valence-corrected chi connectivity index (χ2v) is 5.19. The van der Waals surface area contributed by atoms with E-state index in [4.69, 9.17) is 4.74 Å². The Morgan fingerprint density at radius 3 is 2.95 bits per heavy atom. The van der Waals surface area contributed by atoms with E-state index < -0.39 is 11.5 Å². The van der Waals surface area contributed by atoms with Crippen LogP contribution in [0.4, 0.5) is 0 Å². The number of nitrogens with zero attached hydrogens (tertiary/aromatic N) is 3. The van der Waals surface area contributed by atoms with Gasteiger partial charge in [0.1, 0.15) is 5.56 Å². The topological polar surface area (TPSA) is 81.0 Å². The number of hydrogen-bond acceptors (Lipinski definition) is 6. The van der Waals surface area contributed by atoms with Crippen molar-refractivity contribution in [1.29, 1.82) is 0 Å². The Labute approximate surface area is 124 Å². The van der Waals surface area contributed by atoms with Crippen molar-refractivity contribution in [2.75, 3.05) is 20.2 Å². The summed E-state index contributed by atoms with van der Waals surface area (Å²) in [6.07, 6.45) is 2.94. The average Bonchev–Trinajstić information content (AvgIpc) is 2.94. The van der Waals surface area contributed by atoms with E-state index in [0.29, 0.717) is 11.6 Å². The molecule has 0 aliphatic heterocycles. The van der Waals surface area contributed by atoms with Crippen LogP contribution in [-0.2, 0) is 9.53 Å². The molecule has 7 nitrogen and oxygen atoms in total. The number of ether oxygens (including phenoxy) is 1. The summed E-state index contributed by atoms with van der Waals surface area (Å²) in [5.74, 6) is -0.835. The monoisotopic (exact) mass is 309 g/mol. The largest absolute Gasteiger partial charge is 0.466 e. The number of amides is 1. The van der Waals surface area contributed by atoms with Gasteiger partial charge in [-0.25, -0.2) is 4.98 Å². The summed E-state index contributed by atoms with van der Waals surface area (Å²) in [5.41, 5.74) is -0.425. The lowest BCUT2D eigenvalue weighted by molar-refractivity contribution is -0.143. The fraction of sp³-hybridized carbons (Fsp3) is 0.385. The first kappa shape index (κ1) is 15.2. The highest BCUT2D eigenvalue weighted by Gasteiger charge is 2.18. The normalized spacial score (nSPS) is 10.6. The second-order valence-electron chi connectivity index (χ2n) is 4.31. The zero-order valence-corrected chi connectivity index (χ0v) is 12.6. The maximum Gasteiger partial charge on any atom is 0.307 e. The van der Waals surface area contributed by atoms with Gasteiger partial charge in [0.15, 0.2) is 4.96 Å². The number of carbonyl (C=O) groups excluding carboxylic acids is 2. The molecule has 8 heteroatoms. The van der Waals surface area contributed by atoms with Gasteiger partial charge in [-0.15, -0.1) is 11.3 Å². The maximum atomic E-state index is 12.2. The molecule has 21 heavy (non-hydrogen) atoms. The summed E-state index contributed by atoms with van der Waals surface area (Å²) in [6.45, 7) is 2.20. The molecule has 2 aromatic rings. The van der Waals surface area contributed by atoms with E-state index in [2.05, 4.69) is 4.98 Å². The lowest BCUT2D eigenvalue weighted by Crippen LogP contribution is -2.34. The van der Waals surface area contributed by atoms with Gasteiger partial charge in [0.05, 0.1) is 13.0 Å². The first-order valence-electron chi connectivity index (χ1n) is 6.40. The fourth-order valence-electron chi connectivity index (χ4n) is 1.77. The van der Waals surface area contributed by atoms with Crippen molar-refractivity contribution in [2.45, 2.75) is 13.3 Å². The Balaban J connectivity index is 2.12. The summed E-state index contributed by atoms with van der Waals surface area (Å²) >= 11 is 1.32. The number of fused-ring (bicyclic) bond motifs is 1. The third-order valence-electron chi connectivity index (χ3n) is 2.88. The lowest BCUT2D eigenvalue weighted by atomic mass is 10.3. The Bertz CT molecular complexity index is 722. The number of thiazole rings is 1. The van der Waals surface area contributed by atoms with Gasteiger partial charge in [0, 0.05) is 31.4 Å². The van der Waals surface area contributed by atoms with Crippen LogP contribution in [0, 0.1) is 0 Å². The summed E-state index contributed by atoms with van der Waals surface area (Å²) in [7, 11) is 1.53. The molecule has 1 amide bonds. The Kier molecular flexibility index (Phi) is 4.69. The third kappa shape index (κ3) is 3.27. The third-order valence-corrected chi connectivity index (χ3v) is 3.65. The predicted molar refractivity (Wildman–Crippen MR) is 77.5 cm³/mol. The molecular formula is C13H15N3O4S. The minimum absolute atomic E-state index is 0.0164. The van der Waals surface area contributed by atoms with E-state index in [-0.39, 0.29) is 24.5 Å². The summed E-state index contributed by atoms with van der Waals surface area (Å²) in [5, 5.41) is 1.72. The van der Waals surface area contributed by atoms with Crippen LogP contribution in [0.3, 0.4) is 0 Å². The maximum absolute atomic E-state index is 12.2. The molecule has 2 heterocycles. The van der Waals surface area contributed by atoms with Crippen LogP contribution in [0.2, 0.25) is 0 Å². The van der Waals surface area contributed by atoms with Crippen molar-refractivity contribution in [1.82, 2.24) is 14.3 Å². The van der Waals surface area contributed by atoms with Gasteiger partial charge in [-0.05, 0) is 6.92 Å². The smallest absolute Gasteiger partial charge is 0.307 e. The molecular weight excluding hydrogens is 294 g/mol. The van der Waals surface area contributed by atoms with Gasteiger partial charge in [-0.2, -0.15) is 0 Å². The summed E-state index contributed by atoms with van der Waals surface area (Å²) in [4.78, 5) is 41.6. The average molecular weight is 309 g/mol. The lowest BCUT2D eigenvalue weighted by Gasteiger charge is -2.16. The van der Waals surface area contributed by atoms with E-state index in [9.17, 15) is 14.4 Å². The van der Waals surface area contributed by atoms with Crippen LogP contribution in [-0.4, -0.2) is 46.4 Å². The molecule has 2 rings (SSSR count). The highest BCUT2D eigenvalue weighted by atomic mass is 32.1. The van der Waals surface area contributed by atoms with Gasteiger partial charge in [0.2, 0.25) is 0 Å². The van der Waals surface area contributed by atoms with Crippen molar-refractivity contribution in [3.8, 4) is 0 Å². The van der Waals surface area contributed by atoms with Gasteiger partial charge < -0.3 is 9.64 Å². The molecule has 0 N–H and O–H groups in total. The van der Waals surface area contributed by atoms with Crippen molar-refractivity contribution in [2.24, 2.45) is 0 Å². The first-order chi connectivity index (χ1) is 10.0. The molecule has 0 aliphatic rings. The Morgan fingerprint density at radius 1 is 1.48 bits per heavy atom. The number of esters is 1. The zero-order chi connectivity index (χ0) is 15.4. The van der Waals surface area contributed by atoms with Gasteiger partial charge in [0.25, 0.3) is 11.5 Å². The van der Waals surface area contributed by atoms with Crippen LogP contribution in [0.5, 0.6) is 0 Å². The highest BCUT2D eigenvalue weighted by Crippen LogP contribution is 2.07. The van der Waals surface area contributed by atoms with Gasteiger partial charge in [-0.3, -0.25) is 18.8 Å². The number of rotatable bonds is 5. The van der Waals surface area contributed by atoms with Crippen LogP contribution < -0.4 is 5.56 Å². The number of hydrogen-bond donors (Lipinski definition) is 0. The highest BCUT2D eigenvalue weighted by molar-refractivity contribution is 7.15. The molecule has 0 saturated heterocycles. The molecule has 0 saturated carbocycles. The standard InChI is InChI=1S/C13H15N3O4S/c1-3-20-10(17)4-5-15(2)11(18)9-8-14-13-16(12(9)19)6-7-21-13/h6-8H,3-5H2,1-2H3. The van der Waals surface area contributed by atoms with Crippen molar-refractivity contribution in [3.05, 3.63) is 33.7 Å². The molecule has 0 atom stereocenters. The van der Waals surface area contributed by atoms with E-state index in [1.807, 2.05) is 0 Å². The molecule has 0 aromatic carbocycles. The summed E-state index contributed by atoms with van der Waals surface area (Å²) < 4.78 is 6.13. The van der Waals surface area contributed by atoms with Crippen LogP contribution >= 0.6 is 11.3 Å². The van der Waals surface area contributed by atoms with Crippen LogP contribution in [0.25, 0.3) is 4.96 Å². The SMILES string of the molecule is CCOC(=O)CCN(C)C(=O)c1cnc2sccn2c1=O. The molecule has 0 bridgehead atoms. The molecule has 2 aromatic heterocycles. The molecule has 0 spiro atoms. The zero-order valence-electron chi connectivity index (χ0n) is 11.7. The minimum Gasteiger partial charge on any atom is -0.466 e. The van der Waals surface area contributed by atoms with E-state index >= 15 is 0 Å². The number of carbonyl (C=O) groups is 2. The quantitative estimate of drug-likeness (QED) is 0.762. The predicted octanol–water partition coefficient (Wildman–Crippen LogP) is 0.781. The summed E-state index contributed by atoms with van der Waals surface area (Å²) in [6, 6.07) is 0. The molecule has 0 aliphatic carbocycles.